The van der Waals surface area contributed by atoms with Gasteiger partial charge in [-0.1, -0.05) is 17.7 Å². The van der Waals surface area contributed by atoms with Crippen LogP contribution >= 0.6 is 22.9 Å². The third kappa shape index (κ3) is 4.37. The first kappa shape index (κ1) is 19.9. The SMILES string of the molecule is Cc1ncsc1COC(c1ccc(F)c(Cl)c1)c1nc(S(C)(=O)=O)c(C)[nH]1. The van der Waals surface area contributed by atoms with Crippen LogP contribution in [0.2, 0.25) is 5.02 Å². The smallest absolute Gasteiger partial charge is 0.194 e. The Morgan fingerprint density at radius 1 is 1.37 bits per heavy atom. The number of halogens is 2. The first-order valence-electron chi connectivity index (χ1n) is 7.89. The van der Waals surface area contributed by atoms with Crippen molar-refractivity contribution in [3.63, 3.8) is 0 Å². The molecule has 0 aliphatic carbocycles. The largest absolute Gasteiger partial charge is 0.360 e. The zero-order chi connectivity index (χ0) is 19.8. The number of nitrogens with one attached hydrogen (secondary N) is 1. The predicted molar refractivity (Wildman–Crippen MR) is 101 cm³/mol. The van der Waals surface area contributed by atoms with Gasteiger partial charge in [0.1, 0.15) is 17.7 Å². The van der Waals surface area contributed by atoms with Gasteiger partial charge in [0.15, 0.2) is 14.9 Å². The lowest BCUT2D eigenvalue weighted by Crippen LogP contribution is -2.09. The summed E-state index contributed by atoms with van der Waals surface area (Å²) < 4.78 is 43.4. The van der Waals surface area contributed by atoms with Crippen molar-refractivity contribution in [2.45, 2.75) is 31.6 Å². The third-order valence-corrected chi connectivity index (χ3v) is 6.23. The van der Waals surface area contributed by atoms with Gasteiger partial charge in [-0.05, 0) is 31.5 Å². The van der Waals surface area contributed by atoms with Crippen LogP contribution in [-0.4, -0.2) is 29.6 Å². The van der Waals surface area contributed by atoms with Crippen LogP contribution < -0.4 is 0 Å². The standard InChI is InChI=1S/C17H17ClFN3O3S2/c1-9-14(26-8-20-9)7-25-15(11-4-5-13(19)12(18)6-11)16-21-10(2)17(22-16)27(3,23)24/h4-6,8,15H,7H2,1-3H3,(H,21,22). The van der Waals surface area contributed by atoms with Gasteiger partial charge in [-0.3, -0.25) is 0 Å². The highest BCUT2D eigenvalue weighted by Crippen LogP contribution is 2.30. The van der Waals surface area contributed by atoms with Gasteiger partial charge < -0.3 is 9.72 Å². The Hall–Kier alpha value is -1.81. The molecule has 1 aromatic carbocycles. The quantitative estimate of drug-likeness (QED) is 0.640. The number of hydrogen-bond donors (Lipinski definition) is 1. The highest BCUT2D eigenvalue weighted by atomic mass is 35.5. The van der Waals surface area contributed by atoms with Crippen molar-refractivity contribution in [1.29, 1.82) is 0 Å². The number of rotatable bonds is 6. The minimum atomic E-state index is -3.50. The van der Waals surface area contributed by atoms with Crippen LogP contribution in [0.5, 0.6) is 0 Å². The van der Waals surface area contributed by atoms with Crippen LogP contribution in [-0.2, 0) is 21.2 Å². The second-order valence-electron chi connectivity index (χ2n) is 6.05. The Morgan fingerprint density at radius 2 is 2.11 bits per heavy atom. The molecule has 0 saturated carbocycles. The molecule has 0 fully saturated rings. The molecule has 0 bridgehead atoms. The molecule has 1 atom stereocenters. The molecule has 0 aliphatic rings. The van der Waals surface area contributed by atoms with Gasteiger partial charge in [-0.15, -0.1) is 11.3 Å². The molecule has 3 rings (SSSR count). The molecular formula is C17H17ClFN3O3S2. The molecule has 1 N–H and O–H groups in total. The zero-order valence-electron chi connectivity index (χ0n) is 14.8. The molecule has 3 aromatic rings. The minimum absolute atomic E-state index is 0.0479. The fourth-order valence-corrected chi connectivity index (χ4v) is 4.34. The number of thiazole rings is 1. The van der Waals surface area contributed by atoms with E-state index in [4.69, 9.17) is 16.3 Å². The molecule has 0 spiro atoms. The minimum Gasteiger partial charge on any atom is -0.360 e. The van der Waals surface area contributed by atoms with E-state index in [2.05, 4.69) is 15.0 Å². The van der Waals surface area contributed by atoms with E-state index in [9.17, 15) is 12.8 Å². The van der Waals surface area contributed by atoms with Gasteiger partial charge in [0.25, 0.3) is 0 Å². The highest BCUT2D eigenvalue weighted by molar-refractivity contribution is 7.90. The Morgan fingerprint density at radius 3 is 2.67 bits per heavy atom. The first-order chi connectivity index (χ1) is 12.7. The van der Waals surface area contributed by atoms with E-state index in [1.165, 1.54) is 29.5 Å². The second kappa shape index (κ2) is 7.67. The van der Waals surface area contributed by atoms with Crippen molar-refractivity contribution in [3.8, 4) is 0 Å². The normalized spacial score (nSPS) is 13.1. The Kier molecular flexibility index (Phi) is 5.66. The number of ether oxygens (including phenoxy) is 1. The average molecular weight is 430 g/mol. The Labute approximate surface area is 165 Å². The average Bonchev–Trinajstić information content (AvgIpc) is 3.17. The van der Waals surface area contributed by atoms with E-state index in [1.54, 1.807) is 12.4 Å². The van der Waals surface area contributed by atoms with Crippen molar-refractivity contribution in [2.75, 3.05) is 6.26 Å². The fraction of sp³-hybridized carbons (Fsp3) is 0.294. The van der Waals surface area contributed by atoms with Gasteiger partial charge in [0, 0.05) is 6.26 Å². The lowest BCUT2D eigenvalue weighted by atomic mass is 10.1. The maximum atomic E-state index is 13.6. The number of aromatic amines is 1. The van der Waals surface area contributed by atoms with Crippen molar-refractivity contribution < 1.29 is 17.5 Å². The van der Waals surface area contributed by atoms with E-state index in [-0.39, 0.29) is 16.7 Å². The predicted octanol–water partition coefficient (Wildman–Crippen LogP) is 3.99. The van der Waals surface area contributed by atoms with Gasteiger partial charge >= 0.3 is 0 Å². The number of benzene rings is 1. The number of aromatic nitrogens is 3. The zero-order valence-corrected chi connectivity index (χ0v) is 17.2. The third-order valence-electron chi connectivity index (χ3n) is 3.93. The van der Waals surface area contributed by atoms with Gasteiger partial charge in [-0.25, -0.2) is 22.8 Å². The fourth-order valence-electron chi connectivity index (χ4n) is 2.58. The summed E-state index contributed by atoms with van der Waals surface area (Å²) >= 11 is 7.37. The Bertz CT molecular complexity index is 1080. The summed E-state index contributed by atoms with van der Waals surface area (Å²) in [6, 6.07) is 4.21. The monoisotopic (exact) mass is 429 g/mol. The van der Waals surface area contributed by atoms with Crippen LogP contribution in [0, 0.1) is 19.7 Å². The van der Waals surface area contributed by atoms with Crippen LogP contribution in [0.15, 0.2) is 28.7 Å². The molecule has 0 saturated heterocycles. The van der Waals surface area contributed by atoms with E-state index in [1.807, 2.05) is 6.92 Å². The molecule has 2 heterocycles. The van der Waals surface area contributed by atoms with E-state index < -0.39 is 21.8 Å². The van der Waals surface area contributed by atoms with Gasteiger partial charge in [-0.2, -0.15) is 0 Å². The maximum absolute atomic E-state index is 13.6. The van der Waals surface area contributed by atoms with Gasteiger partial charge in [0.05, 0.1) is 33.4 Å². The molecular weight excluding hydrogens is 413 g/mol. The topological polar surface area (TPSA) is 84.9 Å². The number of hydrogen-bond acceptors (Lipinski definition) is 6. The highest BCUT2D eigenvalue weighted by Gasteiger charge is 2.25. The van der Waals surface area contributed by atoms with Crippen molar-refractivity contribution in [1.82, 2.24) is 15.0 Å². The molecule has 10 heteroatoms. The van der Waals surface area contributed by atoms with Crippen molar-refractivity contribution in [3.05, 3.63) is 62.2 Å². The molecule has 0 radical (unpaired) electrons. The summed E-state index contributed by atoms with van der Waals surface area (Å²) in [6.45, 7) is 3.73. The van der Waals surface area contributed by atoms with Crippen LogP contribution in [0.4, 0.5) is 4.39 Å². The summed E-state index contributed by atoms with van der Waals surface area (Å²) in [6.07, 6.45) is 0.337. The van der Waals surface area contributed by atoms with Crippen molar-refractivity contribution >= 4 is 32.8 Å². The molecule has 0 aliphatic heterocycles. The number of H-pyrrole nitrogens is 1. The van der Waals surface area contributed by atoms with Crippen LogP contribution in [0.3, 0.4) is 0 Å². The summed E-state index contributed by atoms with van der Waals surface area (Å²) in [5.41, 5.74) is 3.53. The summed E-state index contributed by atoms with van der Waals surface area (Å²) in [7, 11) is -3.50. The lowest BCUT2D eigenvalue weighted by molar-refractivity contribution is 0.0626. The number of sulfone groups is 1. The number of nitrogens with zero attached hydrogens (tertiary/aromatic N) is 2. The van der Waals surface area contributed by atoms with Gasteiger partial charge in [0.2, 0.25) is 0 Å². The summed E-state index contributed by atoms with van der Waals surface area (Å²) in [5, 5.41) is -0.102. The first-order valence-corrected chi connectivity index (χ1v) is 11.0. The number of imidazole rings is 1. The molecule has 1 unspecified atom stereocenters. The molecule has 6 nitrogen and oxygen atoms in total. The van der Waals surface area contributed by atoms with Crippen LogP contribution in [0.1, 0.15) is 33.8 Å². The molecule has 144 valence electrons. The lowest BCUT2D eigenvalue weighted by Gasteiger charge is -2.16. The number of aryl methyl sites for hydroxylation is 2. The van der Waals surface area contributed by atoms with Crippen molar-refractivity contribution in [2.24, 2.45) is 0 Å². The summed E-state index contributed by atoms with van der Waals surface area (Å²) in [4.78, 5) is 12.3. The molecule has 0 amide bonds. The maximum Gasteiger partial charge on any atom is 0.194 e. The summed E-state index contributed by atoms with van der Waals surface area (Å²) in [5.74, 6) is -0.248. The second-order valence-corrected chi connectivity index (χ2v) is 9.33. The Balaban J connectivity index is 2.01. The van der Waals surface area contributed by atoms with E-state index in [0.717, 1.165) is 16.8 Å². The van der Waals surface area contributed by atoms with Crippen LogP contribution in [0.25, 0.3) is 0 Å². The van der Waals surface area contributed by atoms with E-state index in [0.29, 0.717) is 17.1 Å². The van der Waals surface area contributed by atoms with E-state index >= 15 is 0 Å². The molecule has 27 heavy (non-hydrogen) atoms. The molecule has 2 aromatic heterocycles.